The molecule has 7 nitrogen and oxygen atoms in total. The molecule has 2 aromatic heterocycles. The van der Waals surface area contributed by atoms with Crippen molar-refractivity contribution in [1.29, 1.82) is 0 Å². The van der Waals surface area contributed by atoms with Crippen molar-refractivity contribution in [2.24, 2.45) is 0 Å². The van der Waals surface area contributed by atoms with Gasteiger partial charge < -0.3 is 9.64 Å². The Morgan fingerprint density at radius 2 is 1.83 bits per heavy atom. The van der Waals surface area contributed by atoms with Crippen molar-refractivity contribution in [3.05, 3.63) is 68.4 Å². The Kier molecular flexibility index (Phi) is 7.27. The van der Waals surface area contributed by atoms with Gasteiger partial charge in [-0.25, -0.2) is 4.98 Å². The van der Waals surface area contributed by atoms with Gasteiger partial charge in [-0.15, -0.1) is 0 Å². The van der Waals surface area contributed by atoms with Crippen molar-refractivity contribution < 1.29 is 9.53 Å². The van der Waals surface area contributed by atoms with Gasteiger partial charge in [0.05, 0.1) is 23.7 Å². The fourth-order valence-corrected chi connectivity index (χ4v) is 6.47. The van der Waals surface area contributed by atoms with E-state index >= 15 is 0 Å². The number of fused-ring (bicyclic) bond motifs is 1. The number of thiazole rings is 1. The molecule has 1 aliphatic rings. The number of aryl methyl sites for hydroxylation is 1. The zero-order valence-corrected chi connectivity index (χ0v) is 22.5. The summed E-state index contributed by atoms with van der Waals surface area (Å²) in [7, 11) is 0. The van der Waals surface area contributed by atoms with Crippen LogP contribution in [0.25, 0.3) is 21.7 Å². The molecule has 1 aliphatic heterocycles. The number of carbonyl (C=O) groups excluding carboxylic acids is 1. The summed E-state index contributed by atoms with van der Waals surface area (Å²) in [6.45, 7) is 6.00. The Balaban J connectivity index is 1.68. The number of amides is 1. The van der Waals surface area contributed by atoms with Gasteiger partial charge in [0.15, 0.2) is 14.8 Å². The van der Waals surface area contributed by atoms with E-state index in [4.69, 9.17) is 21.9 Å². The number of para-hydroxylation sites is 2. The van der Waals surface area contributed by atoms with E-state index in [-0.39, 0.29) is 17.2 Å². The highest BCUT2D eigenvalue weighted by Crippen LogP contribution is 2.31. The van der Waals surface area contributed by atoms with E-state index in [9.17, 15) is 9.59 Å². The number of ether oxygens (including phenoxy) is 1. The summed E-state index contributed by atoms with van der Waals surface area (Å²) in [6.07, 6.45) is 2.06. The summed E-state index contributed by atoms with van der Waals surface area (Å²) in [5.74, 6) is 0.939. The molecule has 1 fully saturated rings. The number of benzene rings is 2. The molecular weight excluding hydrogens is 513 g/mol. The zero-order chi connectivity index (χ0) is 25.2. The summed E-state index contributed by atoms with van der Waals surface area (Å²) in [6, 6.07) is 15.3. The summed E-state index contributed by atoms with van der Waals surface area (Å²) >= 11 is 8.23. The molecule has 4 aromatic rings. The molecule has 1 amide bonds. The van der Waals surface area contributed by atoms with Crippen LogP contribution < -0.4 is 10.3 Å². The van der Waals surface area contributed by atoms with E-state index in [0.29, 0.717) is 37.5 Å². The van der Waals surface area contributed by atoms with Gasteiger partial charge in [-0.1, -0.05) is 52.9 Å². The Bertz CT molecular complexity index is 1530. The average Bonchev–Trinajstić information content (AvgIpc) is 3.52. The topological polar surface area (TPSA) is 69.4 Å². The third-order valence-electron chi connectivity index (χ3n) is 6.06. The Labute approximate surface area is 222 Å². The average molecular weight is 539 g/mol. The zero-order valence-electron chi connectivity index (χ0n) is 20.1. The van der Waals surface area contributed by atoms with Crippen LogP contribution in [0.2, 0.25) is 0 Å². The molecule has 1 saturated heterocycles. The van der Waals surface area contributed by atoms with Crippen LogP contribution in [0.1, 0.15) is 25.3 Å². The van der Waals surface area contributed by atoms with Crippen molar-refractivity contribution in [3.63, 3.8) is 0 Å². The van der Waals surface area contributed by atoms with Crippen LogP contribution in [0.5, 0.6) is 5.75 Å². The molecule has 10 heteroatoms. The van der Waals surface area contributed by atoms with E-state index in [1.54, 1.807) is 9.13 Å². The van der Waals surface area contributed by atoms with Crippen LogP contribution in [0, 0.1) is 10.9 Å². The van der Waals surface area contributed by atoms with Gasteiger partial charge in [0.1, 0.15) is 10.4 Å². The quantitative estimate of drug-likeness (QED) is 0.179. The van der Waals surface area contributed by atoms with Crippen molar-refractivity contribution in [2.45, 2.75) is 31.8 Å². The van der Waals surface area contributed by atoms with Gasteiger partial charge in [-0.3, -0.25) is 18.7 Å². The molecule has 0 radical (unpaired) electrons. The lowest BCUT2D eigenvalue weighted by Crippen LogP contribution is -2.29. The number of aromatic nitrogens is 3. The second-order valence-corrected chi connectivity index (χ2v) is 11.1. The molecule has 2 aromatic carbocycles. The van der Waals surface area contributed by atoms with E-state index < -0.39 is 0 Å². The largest absolute Gasteiger partial charge is 0.492 e. The van der Waals surface area contributed by atoms with E-state index in [1.807, 2.05) is 67.3 Å². The van der Waals surface area contributed by atoms with Gasteiger partial charge in [-0.2, -0.15) is 0 Å². The van der Waals surface area contributed by atoms with Crippen LogP contribution in [-0.2, 0) is 4.79 Å². The first kappa shape index (κ1) is 24.7. The Morgan fingerprint density at radius 3 is 2.56 bits per heavy atom. The molecular formula is C26H26N4O3S3. The molecule has 0 saturated carbocycles. The smallest absolute Gasteiger partial charge is 0.278 e. The number of likely N-dealkylation sites (tertiary alicyclic amines) is 1. The van der Waals surface area contributed by atoms with E-state index in [1.165, 1.54) is 23.1 Å². The number of carbonyl (C=O) groups is 1. The van der Waals surface area contributed by atoms with Crippen molar-refractivity contribution in [2.75, 3.05) is 25.4 Å². The molecule has 0 atom stereocenters. The highest BCUT2D eigenvalue weighted by atomic mass is 32.2. The highest BCUT2D eigenvalue weighted by molar-refractivity contribution is 7.99. The molecule has 0 bridgehead atoms. The minimum atomic E-state index is -0.205. The maximum Gasteiger partial charge on any atom is 0.278 e. The molecule has 186 valence electrons. The summed E-state index contributed by atoms with van der Waals surface area (Å²) in [5.41, 5.74) is 2.80. The summed E-state index contributed by atoms with van der Waals surface area (Å²) < 4.78 is 10.2. The molecule has 5 rings (SSSR count). The lowest BCUT2D eigenvalue weighted by atomic mass is 10.2. The van der Waals surface area contributed by atoms with E-state index in [2.05, 4.69) is 0 Å². The van der Waals surface area contributed by atoms with Gasteiger partial charge in [-0.05, 0) is 63.2 Å². The lowest BCUT2D eigenvalue weighted by Gasteiger charge is -2.17. The lowest BCUT2D eigenvalue weighted by molar-refractivity contribution is -0.127. The van der Waals surface area contributed by atoms with Gasteiger partial charge >= 0.3 is 0 Å². The molecule has 3 heterocycles. The minimum absolute atomic E-state index is 0.0612. The minimum Gasteiger partial charge on any atom is -0.492 e. The van der Waals surface area contributed by atoms with Crippen LogP contribution in [0.15, 0.2) is 58.5 Å². The number of hydrogen-bond acceptors (Lipinski definition) is 7. The fraction of sp³-hybridized carbons (Fsp3) is 0.308. The number of nitrogens with zero attached hydrogens (tertiary/aromatic N) is 4. The Hall–Kier alpha value is -2.95. The highest BCUT2D eigenvalue weighted by Gasteiger charge is 2.23. The first-order valence-electron chi connectivity index (χ1n) is 11.9. The standard InChI is InChI=1S/C26H26N4O3S3/c1-3-33-20-9-5-4-8-19(20)30-23-22(36-26(30)34)24(32)29(18-12-10-17(2)11-13-18)25(27-23)35-16-21(31)28-14-6-7-15-28/h4-5,8-13H,3,6-7,14-16H2,1-2H3. The van der Waals surface area contributed by atoms with Gasteiger partial charge in [0, 0.05) is 13.1 Å². The predicted molar refractivity (Wildman–Crippen MR) is 148 cm³/mol. The first-order chi connectivity index (χ1) is 17.5. The molecule has 0 unspecified atom stereocenters. The monoisotopic (exact) mass is 538 g/mol. The number of rotatable bonds is 7. The summed E-state index contributed by atoms with van der Waals surface area (Å²) in [5, 5.41) is 0.458. The normalized spacial score (nSPS) is 13.4. The molecule has 36 heavy (non-hydrogen) atoms. The predicted octanol–water partition coefficient (Wildman–Crippen LogP) is 5.39. The van der Waals surface area contributed by atoms with Crippen molar-refractivity contribution >= 4 is 51.6 Å². The van der Waals surface area contributed by atoms with Crippen LogP contribution in [0.3, 0.4) is 0 Å². The van der Waals surface area contributed by atoms with E-state index in [0.717, 1.165) is 37.2 Å². The van der Waals surface area contributed by atoms with Crippen molar-refractivity contribution in [3.8, 4) is 17.1 Å². The van der Waals surface area contributed by atoms with Gasteiger partial charge in [0.2, 0.25) is 5.91 Å². The third-order valence-corrected chi connectivity index (χ3v) is 8.33. The second-order valence-electron chi connectivity index (χ2n) is 8.50. The molecule has 0 spiro atoms. The molecule has 0 N–H and O–H groups in total. The van der Waals surface area contributed by atoms with Crippen LogP contribution in [0.4, 0.5) is 0 Å². The number of thioether (sulfide) groups is 1. The number of hydrogen-bond donors (Lipinski definition) is 0. The van der Waals surface area contributed by atoms with Gasteiger partial charge in [0.25, 0.3) is 5.56 Å². The van der Waals surface area contributed by atoms with Crippen LogP contribution >= 0.6 is 35.3 Å². The maximum absolute atomic E-state index is 13.9. The maximum atomic E-state index is 13.9. The first-order valence-corrected chi connectivity index (χ1v) is 14.1. The summed E-state index contributed by atoms with van der Waals surface area (Å²) in [4.78, 5) is 33.5. The molecule has 0 aliphatic carbocycles. The second kappa shape index (κ2) is 10.6. The fourth-order valence-electron chi connectivity index (χ4n) is 4.27. The van der Waals surface area contributed by atoms with Crippen molar-refractivity contribution in [1.82, 2.24) is 19.0 Å². The van der Waals surface area contributed by atoms with Crippen LogP contribution in [-0.4, -0.2) is 50.4 Å². The Morgan fingerprint density at radius 1 is 1.11 bits per heavy atom. The SMILES string of the molecule is CCOc1ccccc1-n1c(=S)sc2c(=O)n(-c3ccc(C)cc3)c(SCC(=O)N3CCCC3)nc21. The third kappa shape index (κ3) is 4.72.